The first-order chi connectivity index (χ1) is 27.7. The summed E-state index contributed by atoms with van der Waals surface area (Å²) < 4.78 is 15.4. The number of hydrogen-bond acceptors (Lipinski definition) is 5. The normalized spacial score (nSPS) is 12.9. The summed E-state index contributed by atoms with van der Waals surface area (Å²) in [6, 6.07) is 55.9. The molecular formula is C51H37N4O2Pt-3. The zero-order valence-corrected chi connectivity index (χ0v) is 34.6. The minimum atomic E-state index is -0.128. The van der Waals surface area contributed by atoms with Crippen LogP contribution in [0.1, 0.15) is 26.3 Å². The third-order valence-corrected chi connectivity index (χ3v) is 11.2. The van der Waals surface area contributed by atoms with Crippen molar-refractivity contribution in [3.63, 3.8) is 0 Å². The van der Waals surface area contributed by atoms with Crippen LogP contribution in [0.15, 0.2) is 150 Å². The Balaban J connectivity index is 0.00000408. The van der Waals surface area contributed by atoms with Crippen LogP contribution < -0.4 is 14.5 Å². The summed E-state index contributed by atoms with van der Waals surface area (Å²) in [6.07, 6.45) is 1.93. The van der Waals surface area contributed by atoms with Crippen LogP contribution in [0.25, 0.3) is 71.5 Å². The molecule has 7 aromatic carbocycles. The molecule has 0 fully saturated rings. The molecule has 6 nitrogen and oxygen atoms in total. The van der Waals surface area contributed by atoms with Crippen LogP contribution >= 0.6 is 0 Å². The monoisotopic (exact) mass is 932 g/mol. The summed E-state index contributed by atoms with van der Waals surface area (Å²) in [5, 5.41) is 6.49. The maximum absolute atomic E-state index is 6.75. The molecule has 7 heteroatoms. The Bertz CT molecular complexity index is 3210. The molecule has 0 aliphatic carbocycles. The van der Waals surface area contributed by atoms with Crippen LogP contribution in [0.3, 0.4) is 0 Å². The summed E-state index contributed by atoms with van der Waals surface area (Å²) in [7, 11) is 2.07. The zero-order valence-electron chi connectivity index (χ0n) is 32.4. The number of furan rings is 1. The number of hydrogen-bond donors (Lipinski definition) is 0. The predicted molar refractivity (Wildman–Crippen MR) is 233 cm³/mol. The van der Waals surface area contributed by atoms with Crippen LogP contribution in [-0.2, 0) is 26.5 Å². The summed E-state index contributed by atoms with van der Waals surface area (Å²) in [6.45, 7) is 8.76. The van der Waals surface area contributed by atoms with E-state index in [4.69, 9.17) is 14.1 Å². The van der Waals surface area contributed by atoms with E-state index in [-0.39, 0.29) is 26.5 Å². The van der Waals surface area contributed by atoms with E-state index >= 15 is 0 Å². The van der Waals surface area contributed by atoms with Crippen LogP contribution in [0.2, 0.25) is 0 Å². The largest absolute Gasteiger partial charge is 0.509 e. The number of pyridine rings is 1. The Kier molecular flexibility index (Phi) is 8.47. The summed E-state index contributed by atoms with van der Waals surface area (Å²) >= 11 is 0. The molecule has 0 unspecified atom stereocenters. The molecule has 0 radical (unpaired) electrons. The van der Waals surface area contributed by atoms with Gasteiger partial charge in [-0.15, -0.1) is 47.0 Å². The van der Waals surface area contributed by atoms with E-state index in [0.717, 1.165) is 88.7 Å². The SMILES string of the molecule is CN1[CH-]N(c2[c-]c(Oc3[c-]c4c(cc3)c3cc(-c5ccccc5)ccc3n4-c3cc4oc5cc6ccccc6cc5c4cn3)cc(C(C)(C)C)c2)c2ccccc21.[Pt]. The first kappa shape index (κ1) is 36.0. The van der Waals surface area contributed by atoms with Crippen molar-refractivity contribution < 1.29 is 30.2 Å². The van der Waals surface area contributed by atoms with Gasteiger partial charge in [-0.1, -0.05) is 105 Å². The second kappa shape index (κ2) is 13.6. The van der Waals surface area contributed by atoms with Crippen molar-refractivity contribution in [2.45, 2.75) is 26.2 Å². The molecule has 0 bridgehead atoms. The smallest absolute Gasteiger partial charge is 0.140 e. The molecule has 0 saturated carbocycles. The predicted octanol–water partition coefficient (Wildman–Crippen LogP) is 13.3. The Hall–Kier alpha value is -6.36. The molecule has 1 aliphatic heterocycles. The van der Waals surface area contributed by atoms with Crippen LogP contribution in [-0.4, -0.2) is 16.6 Å². The molecule has 0 N–H and O–H groups in total. The zero-order chi connectivity index (χ0) is 38.4. The molecular weight excluding hydrogens is 896 g/mol. The Labute approximate surface area is 351 Å². The van der Waals surface area contributed by atoms with Crippen LogP contribution in [0.5, 0.6) is 11.5 Å². The van der Waals surface area contributed by atoms with Crippen molar-refractivity contribution in [1.82, 2.24) is 9.55 Å². The van der Waals surface area contributed by atoms with Crippen molar-refractivity contribution in [1.29, 1.82) is 0 Å². The van der Waals surface area contributed by atoms with E-state index in [1.165, 1.54) is 5.39 Å². The minimum absolute atomic E-state index is 0. The van der Waals surface area contributed by atoms with Gasteiger partial charge in [-0.25, -0.2) is 4.98 Å². The summed E-state index contributed by atoms with van der Waals surface area (Å²) in [5.41, 5.74) is 9.96. The number of fused-ring (bicyclic) bond motifs is 8. The Morgan fingerprint density at radius 3 is 2.19 bits per heavy atom. The quantitative estimate of drug-likeness (QED) is 0.161. The third-order valence-electron chi connectivity index (χ3n) is 11.2. The first-order valence-corrected chi connectivity index (χ1v) is 19.2. The molecule has 4 heterocycles. The number of nitrogens with zero attached hydrogens (tertiary/aromatic N) is 4. The van der Waals surface area contributed by atoms with Gasteiger partial charge in [-0.2, -0.15) is 12.7 Å². The van der Waals surface area contributed by atoms with E-state index in [0.29, 0.717) is 11.5 Å². The van der Waals surface area contributed by atoms with Crippen molar-refractivity contribution in [2.24, 2.45) is 0 Å². The second-order valence-electron chi connectivity index (χ2n) is 15.9. The molecule has 286 valence electrons. The van der Waals surface area contributed by atoms with Crippen molar-refractivity contribution in [3.05, 3.63) is 170 Å². The third kappa shape index (κ3) is 5.94. The van der Waals surface area contributed by atoms with Gasteiger partial charge in [-0.3, -0.25) is 0 Å². The number of ether oxygens (including phenoxy) is 1. The van der Waals surface area contributed by atoms with Gasteiger partial charge in [0.15, 0.2) is 0 Å². The first-order valence-electron chi connectivity index (χ1n) is 19.2. The number of aromatic nitrogens is 2. The Morgan fingerprint density at radius 2 is 1.38 bits per heavy atom. The molecule has 0 spiro atoms. The average molecular weight is 933 g/mol. The van der Waals surface area contributed by atoms with Crippen LogP contribution in [0.4, 0.5) is 17.1 Å². The number of anilines is 3. The standard InChI is InChI=1S/C51H37N4O2.Pt/c1-51(2,3)36-25-37(54-31-53(4)45-16-10-11-17-46(45)54)27-39(26-36)56-38-19-20-40-41-22-35(32-12-6-5-7-13-32)18-21-44(41)55(47(40)28-38)50-29-49-43(30-52-50)42-23-33-14-8-9-15-34(33)24-48(42)57-49;/h5-26,29-31H,1-4H3;/q-3;. The van der Waals surface area contributed by atoms with Gasteiger partial charge in [0.25, 0.3) is 0 Å². The maximum atomic E-state index is 6.75. The average Bonchev–Trinajstić information content (AvgIpc) is 3.87. The molecule has 1 aliphatic rings. The fourth-order valence-electron chi connectivity index (χ4n) is 8.22. The Morgan fingerprint density at radius 1 is 0.638 bits per heavy atom. The topological polar surface area (TPSA) is 46.7 Å². The van der Waals surface area contributed by atoms with E-state index in [1.54, 1.807) is 0 Å². The molecule has 0 atom stereocenters. The molecule has 10 aromatic rings. The van der Waals surface area contributed by atoms with Gasteiger partial charge in [0, 0.05) is 72.5 Å². The van der Waals surface area contributed by atoms with E-state index < -0.39 is 0 Å². The molecule has 0 saturated heterocycles. The van der Waals surface area contributed by atoms with E-state index in [2.05, 4.69) is 182 Å². The number of para-hydroxylation sites is 2. The fourth-order valence-corrected chi connectivity index (χ4v) is 8.22. The van der Waals surface area contributed by atoms with Gasteiger partial charge in [0.05, 0.1) is 0 Å². The van der Waals surface area contributed by atoms with Gasteiger partial charge in [0.1, 0.15) is 17.0 Å². The van der Waals surface area contributed by atoms with E-state index in [9.17, 15) is 0 Å². The number of benzene rings is 7. The maximum Gasteiger partial charge on any atom is 0.140 e. The molecule has 3 aromatic heterocycles. The van der Waals surface area contributed by atoms with Gasteiger partial charge in [-0.05, 0) is 70.1 Å². The van der Waals surface area contributed by atoms with Crippen LogP contribution in [0, 0.1) is 18.8 Å². The summed E-state index contributed by atoms with van der Waals surface area (Å²) in [4.78, 5) is 9.40. The minimum Gasteiger partial charge on any atom is -0.509 e. The fraction of sp³-hybridized carbons (Fsp3) is 0.0980. The second-order valence-corrected chi connectivity index (χ2v) is 15.9. The number of rotatable bonds is 5. The molecule has 11 rings (SSSR count). The molecule has 58 heavy (non-hydrogen) atoms. The van der Waals surface area contributed by atoms with Gasteiger partial charge in [0.2, 0.25) is 0 Å². The van der Waals surface area contributed by atoms with E-state index in [1.807, 2.05) is 24.4 Å². The van der Waals surface area contributed by atoms with Gasteiger partial charge < -0.3 is 23.5 Å². The van der Waals surface area contributed by atoms with Crippen molar-refractivity contribution in [3.8, 4) is 28.4 Å². The van der Waals surface area contributed by atoms with Crippen molar-refractivity contribution in [2.75, 3.05) is 16.8 Å². The summed E-state index contributed by atoms with van der Waals surface area (Å²) in [5.74, 6) is 1.95. The molecule has 0 amide bonds. The van der Waals surface area contributed by atoms with Gasteiger partial charge >= 0.3 is 0 Å². The van der Waals surface area contributed by atoms with Crippen molar-refractivity contribution >= 4 is 71.6 Å².